The van der Waals surface area contributed by atoms with Crippen molar-refractivity contribution in [3.05, 3.63) is 124 Å². The molecule has 0 heterocycles. The Balaban J connectivity index is 1.48. The Bertz CT molecular complexity index is 2220. The van der Waals surface area contributed by atoms with Gasteiger partial charge in [-0.05, 0) is 146 Å². The molecule has 0 radical (unpaired) electrons. The van der Waals surface area contributed by atoms with E-state index in [1.165, 1.54) is 76.0 Å². The molecule has 0 aromatic heterocycles. The van der Waals surface area contributed by atoms with E-state index in [0.717, 1.165) is 55.2 Å². The summed E-state index contributed by atoms with van der Waals surface area (Å²) in [5, 5.41) is 8.64. The van der Waals surface area contributed by atoms with Gasteiger partial charge in [0, 0.05) is 69.7 Å². The minimum absolute atomic E-state index is 0.125. The van der Waals surface area contributed by atoms with E-state index in [1.54, 1.807) is 72.8 Å². The Morgan fingerprint density at radius 2 is 0.635 bits per heavy atom. The van der Waals surface area contributed by atoms with Gasteiger partial charge in [0.05, 0.1) is 0 Å². The molecule has 0 aliphatic carbocycles. The molecule has 4 rings (SSSR count). The van der Waals surface area contributed by atoms with Crippen LogP contribution in [0.15, 0.2) is 91.0 Å². The van der Waals surface area contributed by atoms with Crippen LogP contribution in [0.4, 0.5) is 17.1 Å². The normalized spacial score (nSPS) is 9.57. The van der Waals surface area contributed by atoms with Gasteiger partial charge in [-0.25, -0.2) is 0 Å². The average molecular weight is 832 g/mol. The monoisotopic (exact) mass is 831 g/mol. The first-order valence-corrected chi connectivity index (χ1v) is 22.2. The second-order valence-electron chi connectivity index (χ2n) is 15.0. The number of unbranched alkanes of at least 4 members (excludes halogenated alkanes) is 12. The van der Waals surface area contributed by atoms with Crippen molar-refractivity contribution in [2.45, 2.75) is 117 Å². The molecule has 0 bridgehead atoms. The number of rotatable bonds is 18. The Kier molecular flexibility index (Phi) is 22.2. The largest absolute Gasteiger partial charge is 0.322 e. The predicted octanol–water partition coefficient (Wildman–Crippen LogP) is 12.4. The third-order valence-electron chi connectivity index (χ3n) is 9.69. The zero-order chi connectivity index (χ0) is 44.7. The lowest BCUT2D eigenvalue weighted by molar-refractivity contribution is 0.102. The molecule has 3 amide bonds. The molecule has 63 heavy (non-hydrogen) atoms. The second-order valence-corrected chi connectivity index (χ2v) is 15.0. The van der Waals surface area contributed by atoms with Gasteiger partial charge in [-0.2, -0.15) is 0 Å². The van der Waals surface area contributed by atoms with E-state index < -0.39 is 17.7 Å². The SMILES string of the molecule is CCCCCCC#CC#Cc1ccc(NC(=O)c2cc(C(=O)Nc3ccc(C#CC#CCCCCCC)cc3)cc(C(=O)Nc3ccc(C#CC#CCCCCCC)cc3)c2)cc1. The van der Waals surface area contributed by atoms with Gasteiger partial charge in [0.25, 0.3) is 17.7 Å². The number of hydrogen-bond donors (Lipinski definition) is 3. The van der Waals surface area contributed by atoms with E-state index in [1.807, 2.05) is 0 Å². The number of nitrogens with one attached hydrogen (secondary N) is 3. The molecule has 0 atom stereocenters. The van der Waals surface area contributed by atoms with E-state index in [4.69, 9.17) is 0 Å². The van der Waals surface area contributed by atoms with Crippen molar-refractivity contribution in [2.75, 3.05) is 16.0 Å². The third-order valence-corrected chi connectivity index (χ3v) is 9.69. The van der Waals surface area contributed by atoms with E-state index in [0.29, 0.717) is 17.1 Å². The first kappa shape index (κ1) is 48.3. The molecule has 0 spiro atoms. The summed E-state index contributed by atoms with van der Waals surface area (Å²) < 4.78 is 0. The molecule has 3 N–H and O–H groups in total. The highest BCUT2D eigenvalue weighted by atomic mass is 16.2. The van der Waals surface area contributed by atoms with Crippen LogP contribution in [0.25, 0.3) is 0 Å². The quantitative estimate of drug-likeness (QED) is 0.0689. The van der Waals surface area contributed by atoms with Gasteiger partial charge in [-0.3, -0.25) is 14.4 Å². The van der Waals surface area contributed by atoms with E-state index in [-0.39, 0.29) is 16.7 Å². The summed E-state index contributed by atoms with van der Waals surface area (Å²) in [7, 11) is 0. The Hall–Kier alpha value is -7.35. The summed E-state index contributed by atoms with van der Waals surface area (Å²) in [6.07, 6.45) is 16.5. The molecule has 0 aliphatic rings. The second kappa shape index (κ2) is 29.0. The maximum atomic E-state index is 13.7. The highest BCUT2D eigenvalue weighted by molar-refractivity contribution is 6.13. The van der Waals surface area contributed by atoms with Crippen molar-refractivity contribution in [3.8, 4) is 71.0 Å². The maximum absolute atomic E-state index is 13.7. The van der Waals surface area contributed by atoms with Crippen molar-refractivity contribution in [2.24, 2.45) is 0 Å². The standard InChI is InChI=1S/C57H57N3O3/c1-4-7-10-13-16-19-22-25-28-46-31-37-52(38-32-46)58-55(61)49-43-50(56(62)59-53-39-33-47(34-40-53)29-26-23-20-17-14-11-8-5-2)45-51(44-49)57(63)60-54-41-35-48(36-42-54)30-27-24-21-18-15-12-9-6-3/h31-45H,4-18H2,1-3H3,(H,58,61)(H,59,62)(H,60,63). The van der Waals surface area contributed by atoms with Crippen LogP contribution >= 0.6 is 0 Å². The molecular formula is C57H57N3O3. The van der Waals surface area contributed by atoms with Gasteiger partial charge in [-0.1, -0.05) is 114 Å². The van der Waals surface area contributed by atoms with Crippen molar-refractivity contribution < 1.29 is 14.4 Å². The molecule has 318 valence electrons. The van der Waals surface area contributed by atoms with Gasteiger partial charge in [0.15, 0.2) is 0 Å². The lowest BCUT2D eigenvalue weighted by Crippen LogP contribution is -2.19. The molecule has 0 fully saturated rings. The van der Waals surface area contributed by atoms with Crippen molar-refractivity contribution >= 4 is 34.8 Å². The summed E-state index contributed by atoms with van der Waals surface area (Å²) in [6.45, 7) is 6.55. The molecule has 0 saturated heterocycles. The average Bonchev–Trinajstić information content (AvgIpc) is 3.30. The van der Waals surface area contributed by atoms with Crippen LogP contribution in [-0.2, 0) is 0 Å². The number of carbonyl (C=O) groups is 3. The molecule has 6 nitrogen and oxygen atoms in total. The summed E-state index contributed by atoms with van der Waals surface area (Å²) in [5.41, 5.74) is 4.22. The highest BCUT2D eigenvalue weighted by Crippen LogP contribution is 2.19. The molecule has 4 aromatic rings. The van der Waals surface area contributed by atoms with Gasteiger partial charge in [0.2, 0.25) is 0 Å². The van der Waals surface area contributed by atoms with E-state index in [9.17, 15) is 14.4 Å². The van der Waals surface area contributed by atoms with E-state index >= 15 is 0 Å². The first-order chi connectivity index (χ1) is 30.9. The van der Waals surface area contributed by atoms with Crippen LogP contribution in [0.1, 0.15) is 165 Å². The van der Waals surface area contributed by atoms with Crippen molar-refractivity contribution in [1.29, 1.82) is 0 Å². The van der Waals surface area contributed by atoms with Crippen LogP contribution in [0.5, 0.6) is 0 Å². The van der Waals surface area contributed by atoms with Gasteiger partial charge in [-0.15, -0.1) is 0 Å². The van der Waals surface area contributed by atoms with Gasteiger partial charge >= 0.3 is 0 Å². The highest BCUT2D eigenvalue weighted by Gasteiger charge is 2.18. The lowest BCUT2D eigenvalue weighted by Gasteiger charge is -2.12. The number of benzene rings is 4. The molecule has 6 heteroatoms. The Morgan fingerprint density at radius 1 is 0.365 bits per heavy atom. The molecule has 0 saturated carbocycles. The molecule has 0 aliphatic heterocycles. The van der Waals surface area contributed by atoms with Crippen LogP contribution < -0.4 is 16.0 Å². The predicted molar refractivity (Wildman–Crippen MR) is 260 cm³/mol. The summed E-state index contributed by atoms with van der Waals surface area (Å²) >= 11 is 0. The maximum Gasteiger partial charge on any atom is 0.255 e. The van der Waals surface area contributed by atoms with Gasteiger partial charge < -0.3 is 16.0 Å². The van der Waals surface area contributed by atoms with Crippen LogP contribution in [-0.4, -0.2) is 17.7 Å². The summed E-state index contributed by atoms with van der Waals surface area (Å²) in [5.74, 6) is 34.3. The molecule has 4 aromatic carbocycles. The fourth-order valence-electron chi connectivity index (χ4n) is 6.09. The lowest BCUT2D eigenvalue weighted by atomic mass is 10.0. The van der Waals surface area contributed by atoms with Crippen LogP contribution in [0.3, 0.4) is 0 Å². The topological polar surface area (TPSA) is 87.3 Å². The van der Waals surface area contributed by atoms with Crippen LogP contribution in [0.2, 0.25) is 0 Å². The zero-order valence-corrected chi connectivity index (χ0v) is 37.0. The van der Waals surface area contributed by atoms with Crippen molar-refractivity contribution in [3.63, 3.8) is 0 Å². The van der Waals surface area contributed by atoms with Crippen LogP contribution in [0, 0.1) is 71.0 Å². The minimum atomic E-state index is -0.495. The number of carbonyl (C=O) groups excluding carboxylic acids is 3. The Morgan fingerprint density at radius 3 is 0.889 bits per heavy atom. The first-order valence-electron chi connectivity index (χ1n) is 22.2. The summed E-state index contributed by atoms with van der Waals surface area (Å²) in [4.78, 5) is 41.1. The van der Waals surface area contributed by atoms with E-state index in [2.05, 4.69) is 108 Å². The van der Waals surface area contributed by atoms with Gasteiger partial charge in [0.1, 0.15) is 0 Å². The number of anilines is 3. The minimum Gasteiger partial charge on any atom is -0.322 e. The van der Waals surface area contributed by atoms with Crippen molar-refractivity contribution in [1.82, 2.24) is 0 Å². The smallest absolute Gasteiger partial charge is 0.255 e. The fraction of sp³-hybridized carbons (Fsp3) is 0.316. The zero-order valence-electron chi connectivity index (χ0n) is 37.0. The number of hydrogen-bond acceptors (Lipinski definition) is 3. The fourth-order valence-corrected chi connectivity index (χ4v) is 6.09. The Labute approximate surface area is 376 Å². The summed E-state index contributed by atoms with van der Waals surface area (Å²) in [6, 6.07) is 25.7. The molecule has 0 unspecified atom stereocenters. The third kappa shape index (κ3) is 19.3. The molecular weight excluding hydrogens is 775 g/mol. The number of amides is 3.